The Bertz CT molecular complexity index is 1400. The number of sulfonamides is 1. The second kappa shape index (κ2) is 8.98. The van der Waals surface area contributed by atoms with Gasteiger partial charge in [-0.1, -0.05) is 41.9 Å². The van der Waals surface area contributed by atoms with Crippen molar-refractivity contribution in [2.24, 2.45) is 0 Å². The molecule has 34 heavy (non-hydrogen) atoms. The zero-order chi connectivity index (χ0) is 24.6. The van der Waals surface area contributed by atoms with Gasteiger partial charge < -0.3 is 5.11 Å². The summed E-state index contributed by atoms with van der Waals surface area (Å²) in [5, 5.41) is 21.0. The number of non-ortho nitro benzene ring substituents is 1. The summed E-state index contributed by atoms with van der Waals surface area (Å²) < 4.78 is 27.7. The number of nitro groups is 1. The van der Waals surface area contributed by atoms with Gasteiger partial charge in [0.1, 0.15) is 0 Å². The Balaban J connectivity index is 1.73. The van der Waals surface area contributed by atoms with Gasteiger partial charge in [-0.05, 0) is 52.9 Å². The molecule has 0 amide bonds. The first-order valence-corrected chi connectivity index (χ1v) is 11.8. The topological polar surface area (TPSA) is 135 Å². The summed E-state index contributed by atoms with van der Waals surface area (Å²) in [7, 11) is -4.31. The number of hydrogen-bond acceptors (Lipinski definition) is 6. The van der Waals surface area contributed by atoms with Crippen LogP contribution < -0.4 is 0 Å². The number of fused-ring (bicyclic) bond motifs is 1. The highest BCUT2D eigenvalue weighted by molar-refractivity contribution is 7.89. The number of carbonyl (C=O) groups is 2. The summed E-state index contributed by atoms with van der Waals surface area (Å²) in [4.78, 5) is 34.2. The van der Waals surface area contributed by atoms with E-state index in [1.54, 1.807) is 36.4 Å². The minimum absolute atomic E-state index is 0.137. The average Bonchev–Trinajstić information content (AvgIpc) is 2.82. The largest absolute Gasteiger partial charge is 0.475 e. The number of carboxylic acids is 1. The predicted octanol–water partition coefficient (Wildman–Crippen LogP) is 3.68. The van der Waals surface area contributed by atoms with Crippen molar-refractivity contribution in [3.8, 4) is 11.1 Å². The molecular formula is C23H17ClN2O7S. The molecule has 0 saturated carbocycles. The van der Waals surface area contributed by atoms with E-state index in [2.05, 4.69) is 0 Å². The van der Waals surface area contributed by atoms with Crippen molar-refractivity contribution in [2.45, 2.75) is 23.9 Å². The number of ketones is 1. The van der Waals surface area contributed by atoms with E-state index in [4.69, 9.17) is 11.6 Å². The van der Waals surface area contributed by atoms with Crippen molar-refractivity contribution in [1.29, 1.82) is 0 Å². The van der Waals surface area contributed by atoms with E-state index in [0.29, 0.717) is 16.1 Å². The number of carboxylic acid groups (broad SMARTS) is 1. The first kappa shape index (κ1) is 23.6. The highest BCUT2D eigenvalue weighted by atomic mass is 35.5. The van der Waals surface area contributed by atoms with E-state index in [0.717, 1.165) is 15.4 Å². The molecule has 0 aliphatic carbocycles. The van der Waals surface area contributed by atoms with Crippen LogP contribution in [-0.4, -0.2) is 40.5 Å². The molecule has 1 aliphatic heterocycles. The van der Waals surface area contributed by atoms with Gasteiger partial charge in [-0.3, -0.25) is 14.9 Å². The lowest BCUT2D eigenvalue weighted by Crippen LogP contribution is -2.50. The Kier molecular flexibility index (Phi) is 6.22. The SMILES string of the molecule is O=C(O)C(=O)C1Cc2ccc([N+](=O)[O-])cc2CN1S(=O)(=O)c1ccc(-c2ccc(Cl)cc2)cc1. The van der Waals surface area contributed by atoms with Crippen LogP contribution in [0.5, 0.6) is 0 Å². The van der Waals surface area contributed by atoms with E-state index in [9.17, 15) is 33.2 Å². The molecule has 4 rings (SSSR count). The summed E-state index contributed by atoms with van der Waals surface area (Å²) in [6, 6.07) is 15.3. The average molecular weight is 501 g/mol. The normalized spacial score (nSPS) is 16.0. The maximum Gasteiger partial charge on any atom is 0.373 e. The molecule has 1 aliphatic rings. The Labute approximate surface area is 199 Å². The third-order valence-corrected chi connectivity index (χ3v) is 7.76. The quantitative estimate of drug-likeness (QED) is 0.310. The van der Waals surface area contributed by atoms with Crippen LogP contribution in [-0.2, 0) is 32.6 Å². The zero-order valence-electron chi connectivity index (χ0n) is 17.4. The fourth-order valence-electron chi connectivity index (χ4n) is 3.88. The molecular weight excluding hydrogens is 484 g/mol. The van der Waals surface area contributed by atoms with E-state index in [1.165, 1.54) is 30.3 Å². The molecule has 0 aromatic heterocycles. The summed E-state index contributed by atoms with van der Waals surface area (Å²) in [5.41, 5.74) is 2.13. The summed E-state index contributed by atoms with van der Waals surface area (Å²) in [6.07, 6.45) is -0.208. The summed E-state index contributed by atoms with van der Waals surface area (Å²) in [6.45, 7) is -0.373. The van der Waals surface area contributed by atoms with Crippen LogP contribution in [0.15, 0.2) is 71.6 Å². The summed E-state index contributed by atoms with van der Waals surface area (Å²) in [5.74, 6) is -3.03. The summed E-state index contributed by atoms with van der Waals surface area (Å²) >= 11 is 5.90. The van der Waals surface area contributed by atoms with Crippen LogP contribution in [0.1, 0.15) is 11.1 Å². The van der Waals surface area contributed by atoms with Crippen LogP contribution in [0.25, 0.3) is 11.1 Å². The van der Waals surface area contributed by atoms with Gasteiger partial charge in [0.2, 0.25) is 10.0 Å². The van der Waals surface area contributed by atoms with E-state index in [1.807, 2.05) is 0 Å². The van der Waals surface area contributed by atoms with Crippen LogP contribution in [0, 0.1) is 10.1 Å². The Morgan fingerprint density at radius 1 is 0.971 bits per heavy atom. The lowest BCUT2D eigenvalue weighted by molar-refractivity contribution is -0.385. The third-order valence-electron chi connectivity index (χ3n) is 5.64. The maximum absolute atomic E-state index is 13.5. The van der Waals surface area contributed by atoms with Crippen molar-refractivity contribution >= 4 is 39.1 Å². The maximum atomic E-state index is 13.5. The number of halogens is 1. The number of hydrogen-bond donors (Lipinski definition) is 1. The van der Waals surface area contributed by atoms with Crippen LogP contribution >= 0.6 is 11.6 Å². The van der Waals surface area contributed by atoms with Crippen molar-refractivity contribution in [1.82, 2.24) is 4.31 Å². The van der Waals surface area contributed by atoms with Gasteiger partial charge in [0.05, 0.1) is 15.9 Å². The number of carbonyl (C=O) groups excluding carboxylic acids is 1. The fraction of sp³-hybridized carbons (Fsp3) is 0.130. The van der Waals surface area contributed by atoms with Gasteiger partial charge in [-0.25, -0.2) is 13.2 Å². The minimum Gasteiger partial charge on any atom is -0.475 e. The molecule has 0 saturated heterocycles. The second-order valence-electron chi connectivity index (χ2n) is 7.68. The van der Waals surface area contributed by atoms with Crippen molar-refractivity contribution in [2.75, 3.05) is 0 Å². The number of nitrogens with zero attached hydrogens (tertiary/aromatic N) is 2. The molecule has 1 heterocycles. The van der Waals surface area contributed by atoms with Crippen molar-refractivity contribution < 1.29 is 28.0 Å². The lowest BCUT2D eigenvalue weighted by Gasteiger charge is -2.34. The van der Waals surface area contributed by atoms with Crippen LogP contribution in [0.3, 0.4) is 0 Å². The molecule has 3 aromatic rings. The Morgan fingerprint density at radius 3 is 2.12 bits per heavy atom. The van der Waals surface area contributed by atoms with E-state index in [-0.39, 0.29) is 23.5 Å². The van der Waals surface area contributed by atoms with Gasteiger partial charge in [0, 0.05) is 23.7 Å². The molecule has 0 radical (unpaired) electrons. The first-order valence-electron chi connectivity index (χ1n) is 9.99. The molecule has 0 spiro atoms. The number of nitro benzene ring substituents is 1. The molecule has 1 unspecified atom stereocenters. The fourth-order valence-corrected chi connectivity index (χ4v) is 5.57. The van der Waals surface area contributed by atoms with Gasteiger partial charge in [0.25, 0.3) is 11.5 Å². The van der Waals surface area contributed by atoms with Crippen molar-refractivity contribution in [3.05, 3.63) is 93.0 Å². The highest BCUT2D eigenvalue weighted by Crippen LogP contribution is 2.32. The molecule has 0 fully saturated rings. The van der Waals surface area contributed by atoms with Crippen LogP contribution in [0.2, 0.25) is 5.02 Å². The van der Waals surface area contributed by atoms with Gasteiger partial charge in [-0.2, -0.15) is 4.31 Å². The predicted molar refractivity (Wildman–Crippen MR) is 123 cm³/mol. The standard InChI is InChI=1S/C23H17ClN2O7S/c24-18-6-1-14(2-7-18)15-4-9-20(10-5-15)34(32,33)25-13-17-11-19(26(30)31)8-3-16(17)12-21(25)22(27)23(28)29/h1-11,21H,12-13H2,(H,28,29). The number of Topliss-reactive ketones (excluding diaryl/α,β-unsaturated/α-hetero) is 1. The second-order valence-corrected chi connectivity index (χ2v) is 10.0. The van der Waals surface area contributed by atoms with Gasteiger partial charge in [0.15, 0.2) is 0 Å². The molecule has 174 valence electrons. The molecule has 1 N–H and O–H groups in total. The number of rotatable bonds is 6. The smallest absolute Gasteiger partial charge is 0.373 e. The van der Waals surface area contributed by atoms with E-state index < -0.39 is 32.7 Å². The highest BCUT2D eigenvalue weighted by Gasteiger charge is 2.42. The number of aliphatic carboxylic acids is 1. The lowest BCUT2D eigenvalue weighted by atomic mass is 9.93. The number of benzene rings is 3. The van der Waals surface area contributed by atoms with Gasteiger partial charge >= 0.3 is 5.97 Å². The Morgan fingerprint density at radius 2 is 1.56 bits per heavy atom. The third kappa shape index (κ3) is 4.43. The van der Waals surface area contributed by atoms with E-state index >= 15 is 0 Å². The van der Waals surface area contributed by atoms with Crippen molar-refractivity contribution in [3.63, 3.8) is 0 Å². The monoisotopic (exact) mass is 500 g/mol. The molecule has 9 nitrogen and oxygen atoms in total. The minimum atomic E-state index is -4.31. The van der Waals surface area contributed by atoms with Crippen LogP contribution in [0.4, 0.5) is 5.69 Å². The van der Waals surface area contributed by atoms with Gasteiger partial charge in [-0.15, -0.1) is 0 Å². The molecule has 0 bridgehead atoms. The zero-order valence-corrected chi connectivity index (χ0v) is 19.0. The molecule has 3 aromatic carbocycles. The molecule has 1 atom stereocenters. The molecule has 11 heteroatoms. The Hall–Kier alpha value is -3.60. The first-order chi connectivity index (χ1) is 16.1.